The molecule has 0 spiro atoms. The van der Waals surface area contributed by atoms with E-state index in [2.05, 4.69) is 11.4 Å². The predicted molar refractivity (Wildman–Crippen MR) is 92.9 cm³/mol. The number of rotatable bonds is 4. The van der Waals surface area contributed by atoms with Crippen LogP contribution in [0.15, 0.2) is 42.5 Å². The lowest BCUT2D eigenvalue weighted by Gasteiger charge is -2.27. The van der Waals surface area contributed by atoms with E-state index in [0.717, 1.165) is 0 Å². The lowest BCUT2D eigenvalue weighted by Crippen LogP contribution is -2.40. The molecule has 129 valence electrons. The zero-order valence-corrected chi connectivity index (χ0v) is 14.0. The first-order valence-electron chi connectivity index (χ1n) is 8.01. The maximum atomic E-state index is 12.5. The van der Waals surface area contributed by atoms with E-state index in [9.17, 15) is 9.59 Å². The number of benzene rings is 2. The zero-order valence-electron chi connectivity index (χ0n) is 14.0. The van der Waals surface area contributed by atoms with Crippen molar-refractivity contribution < 1.29 is 19.1 Å². The molecule has 1 fully saturated rings. The van der Waals surface area contributed by atoms with E-state index in [4.69, 9.17) is 9.47 Å². The third-order valence-electron chi connectivity index (χ3n) is 3.94. The van der Waals surface area contributed by atoms with E-state index in [-0.39, 0.29) is 11.8 Å². The highest BCUT2D eigenvalue weighted by atomic mass is 16.5. The topological polar surface area (TPSA) is 67.9 Å². The quantitative estimate of drug-likeness (QED) is 0.927. The van der Waals surface area contributed by atoms with Gasteiger partial charge in [0.1, 0.15) is 5.75 Å². The smallest absolute Gasteiger partial charge is 0.255 e. The van der Waals surface area contributed by atoms with Crippen molar-refractivity contribution in [3.8, 4) is 5.75 Å². The molecule has 2 aromatic carbocycles. The summed E-state index contributed by atoms with van der Waals surface area (Å²) in [5, 5.41) is 2.79. The zero-order chi connectivity index (χ0) is 17.6. The number of methoxy groups -OCH3 is 1. The van der Waals surface area contributed by atoms with Crippen LogP contribution in [0.2, 0.25) is 0 Å². The Kier molecular flexibility index (Phi) is 5.30. The van der Waals surface area contributed by atoms with Crippen LogP contribution in [0.5, 0.6) is 5.75 Å². The van der Waals surface area contributed by atoms with Gasteiger partial charge in [0.25, 0.3) is 11.8 Å². The number of nitrogens with one attached hydrogen (secondary N) is 1. The summed E-state index contributed by atoms with van der Waals surface area (Å²) in [6, 6.07) is 14.6. The Balaban J connectivity index is 1.70. The van der Waals surface area contributed by atoms with E-state index in [1.54, 1.807) is 54.5 Å². The minimum Gasteiger partial charge on any atom is -0.497 e. The summed E-state index contributed by atoms with van der Waals surface area (Å²) in [5.74, 6) is 0.343. The average molecular weight is 339 g/mol. The molecule has 6 nitrogen and oxygen atoms in total. The van der Waals surface area contributed by atoms with Gasteiger partial charge in [-0.2, -0.15) is 0 Å². The molecule has 0 aliphatic carbocycles. The second-order valence-corrected chi connectivity index (χ2v) is 5.60. The van der Waals surface area contributed by atoms with Gasteiger partial charge in [-0.05, 0) is 48.5 Å². The Hall–Kier alpha value is -2.86. The minimum absolute atomic E-state index is 0.0832. The Bertz CT molecular complexity index is 752. The van der Waals surface area contributed by atoms with E-state index < -0.39 is 0 Å². The first-order chi connectivity index (χ1) is 12.2. The minimum atomic E-state index is -0.257. The van der Waals surface area contributed by atoms with E-state index in [1.807, 2.05) is 0 Å². The van der Waals surface area contributed by atoms with Gasteiger partial charge in [-0.25, -0.2) is 0 Å². The highest BCUT2D eigenvalue weighted by Gasteiger charge is 2.19. The van der Waals surface area contributed by atoms with Crippen LogP contribution in [-0.4, -0.2) is 50.1 Å². The molecule has 2 amide bonds. The number of carbonyl (C=O) groups is 2. The standard InChI is InChI=1S/C19H19N2O4/c1-24-17-7-5-14(6-8-17)18(22)20-16-4-2-3-15(13-16)19(23)21-9-11-25-12-10-21/h3-8,13H,9-12H2,1H3,(H,20,22). The summed E-state index contributed by atoms with van der Waals surface area (Å²) in [7, 11) is 1.57. The lowest BCUT2D eigenvalue weighted by atomic mass is 10.1. The Morgan fingerprint density at radius 3 is 2.52 bits per heavy atom. The molecule has 1 aliphatic rings. The van der Waals surface area contributed by atoms with Gasteiger partial charge in [-0.15, -0.1) is 0 Å². The molecule has 1 saturated heterocycles. The average Bonchev–Trinajstić information content (AvgIpc) is 2.68. The lowest BCUT2D eigenvalue weighted by molar-refractivity contribution is 0.0303. The summed E-state index contributed by atoms with van der Waals surface area (Å²) < 4.78 is 10.3. The van der Waals surface area contributed by atoms with Crippen LogP contribution in [0, 0.1) is 6.07 Å². The molecule has 0 atom stereocenters. The maximum absolute atomic E-state index is 12.5. The SMILES string of the molecule is COc1ccc(C(=O)Nc2c[c]cc(C(=O)N3CCOCC3)c2)cc1. The van der Waals surface area contributed by atoms with Crippen molar-refractivity contribution >= 4 is 17.5 Å². The molecule has 3 rings (SSSR count). The summed E-state index contributed by atoms with van der Waals surface area (Å²) in [5.41, 5.74) is 1.53. The number of carbonyl (C=O) groups excluding carboxylic acids is 2. The van der Waals surface area contributed by atoms with Crippen molar-refractivity contribution in [2.45, 2.75) is 0 Å². The highest BCUT2D eigenvalue weighted by Crippen LogP contribution is 2.16. The molecule has 2 aromatic rings. The van der Waals surface area contributed by atoms with Crippen molar-refractivity contribution in [3.05, 3.63) is 59.7 Å². The van der Waals surface area contributed by atoms with Gasteiger partial charge in [-0.1, -0.05) is 0 Å². The normalized spacial score (nSPS) is 14.0. The van der Waals surface area contributed by atoms with Crippen molar-refractivity contribution in [1.29, 1.82) is 0 Å². The number of nitrogens with zero attached hydrogens (tertiary/aromatic N) is 1. The molecule has 6 heteroatoms. The molecule has 1 N–H and O–H groups in total. The number of ether oxygens (including phenoxy) is 2. The van der Waals surface area contributed by atoms with Gasteiger partial charge in [0.15, 0.2) is 0 Å². The summed E-state index contributed by atoms with van der Waals surface area (Å²) >= 11 is 0. The largest absolute Gasteiger partial charge is 0.497 e. The van der Waals surface area contributed by atoms with Gasteiger partial charge in [-0.3, -0.25) is 9.59 Å². The van der Waals surface area contributed by atoms with Crippen LogP contribution in [-0.2, 0) is 4.74 Å². The van der Waals surface area contributed by atoms with Crippen LogP contribution in [0.25, 0.3) is 0 Å². The first-order valence-corrected chi connectivity index (χ1v) is 8.01. The monoisotopic (exact) mass is 339 g/mol. The van der Waals surface area contributed by atoms with Gasteiger partial charge in [0.2, 0.25) is 0 Å². The van der Waals surface area contributed by atoms with Crippen LogP contribution in [0.3, 0.4) is 0 Å². The molecular weight excluding hydrogens is 320 g/mol. The molecule has 0 unspecified atom stereocenters. The van der Waals surface area contributed by atoms with Gasteiger partial charge < -0.3 is 19.7 Å². The summed E-state index contributed by atoms with van der Waals surface area (Å²) in [4.78, 5) is 26.6. The van der Waals surface area contributed by atoms with Crippen LogP contribution < -0.4 is 10.1 Å². The third kappa shape index (κ3) is 4.16. The second-order valence-electron chi connectivity index (χ2n) is 5.60. The van der Waals surface area contributed by atoms with Crippen molar-refractivity contribution in [2.24, 2.45) is 0 Å². The number of amides is 2. The summed E-state index contributed by atoms with van der Waals surface area (Å²) in [6.45, 7) is 2.23. The Morgan fingerprint density at radius 2 is 1.84 bits per heavy atom. The summed E-state index contributed by atoms with van der Waals surface area (Å²) in [6.07, 6.45) is 0. The van der Waals surface area contributed by atoms with Gasteiger partial charge >= 0.3 is 0 Å². The number of hydrogen-bond acceptors (Lipinski definition) is 4. The molecule has 1 aliphatic heterocycles. The number of anilines is 1. The van der Waals surface area contributed by atoms with Crippen LogP contribution in [0.1, 0.15) is 20.7 Å². The third-order valence-corrected chi connectivity index (χ3v) is 3.94. The Morgan fingerprint density at radius 1 is 1.12 bits per heavy atom. The van der Waals surface area contributed by atoms with E-state index >= 15 is 0 Å². The van der Waals surface area contributed by atoms with Crippen molar-refractivity contribution in [2.75, 3.05) is 38.7 Å². The number of morpholine rings is 1. The van der Waals surface area contributed by atoms with Gasteiger partial charge in [0.05, 0.1) is 20.3 Å². The second kappa shape index (κ2) is 7.81. The molecule has 1 radical (unpaired) electrons. The van der Waals surface area contributed by atoms with Crippen LogP contribution >= 0.6 is 0 Å². The first kappa shape index (κ1) is 17.0. The Labute approximate surface area is 146 Å². The maximum Gasteiger partial charge on any atom is 0.255 e. The fourth-order valence-electron chi connectivity index (χ4n) is 2.56. The molecule has 0 bridgehead atoms. The fourth-order valence-corrected chi connectivity index (χ4v) is 2.56. The van der Waals surface area contributed by atoms with Crippen molar-refractivity contribution in [3.63, 3.8) is 0 Å². The number of hydrogen-bond donors (Lipinski definition) is 1. The molecule has 1 heterocycles. The van der Waals surface area contributed by atoms with Crippen LogP contribution in [0.4, 0.5) is 5.69 Å². The molecular formula is C19H19N2O4. The predicted octanol–water partition coefficient (Wildman–Crippen LogP) is 2.22. The van der Waals surface area contributed by atoms with Crippen molar-refractivity contribution in [1.82, 2.24) is 4.90 Å². The highest BCUT2D eigenvalue weighted by molar-refractivity contribution is 6.05. The molecule has 25 heavy (non-hydrogen) atoms. The molecule has 0 aromatic heterocycles. The molecule has 0 saturated carbocycles. The van der Waals surface area contributed by atoms with E-state index in [0.29, 0.717) is 48.9 Å². The van der Waals surface area contributed by atoms with Gasteiger partial charge in [0, 0.05) is 29.9 Å². The fraction of sp³-hybridized carbons (Fsp3) is 0.263. The van der Waals surface area contributed by atoms with E-state index in [1.165, 1.54) is 0 Å².